The van der Waals surface area contributed by atoms with Crippen LogP contribution >= 0.6 is 0 Å². The summed E-state index contributed by atoms with van der Waals surface area (Å²) in [5, 5.41) is 3.10. The number of hydrogen-bond acceptors (Lipinski definition) is 7. The summed E-state index contributed by atoms with van der Waals surface area (Å²) in [4.78, 5) is 26.9. The number of halogens is 2. The molecule has 1 amide bonds. The lowest BCUT2D eigenvalue weighted by atomic mass is 9.91. The summed E-state index contributed by atoms with van der Waals surface area (Å²) in [6.07, 6.45) is 1.87. The number of aromatic nitrogens is 3. The molecular formula is C28H25F2N5O3. The SMILES string of the molecule is C[C@@H](Nc1ncc(F)c(N2C(=O)OC(C)(C)[C@H]2c2ccccc2)n1)c1ccc(Oc2ccc(F)cc2)cn1. The summed E-state index contributed by atoms with van der Waals surface area (Å²) in [5.74, 6) is -0.203. The van der Waals surface area contributed by atoms with Crippen LogP contribution in [0.25, 0.3) is 0 Å². The summed E-state index contributed by atoms with van der Waals surface area (Å²) in [7, 11) is 0. The van der Waals surface area contributed by atoms with Crippen molar-refractivity contribution in [2.45, 2.75) is 38.5 Å². The predicted molar refractivity (Wildman–Crippen MR) is 137 cm³/mol. The third-order valence-electron chi connectivity index (χ3n) is 6.13. The summed E-state index contributed by atoms with van der Waals surface area (Å²) in [5.41, 5.74) is 0.518. The van der Waals surface area contributed by atoms with E-state index < -0.39 is 23.6 Å². The molecule has 2 aromatic carbocycles. The first kappa shape index (κ1) is 25.1. The molecule has 0 saturated carbocycles. The smallest absolute Gasteiger partial charge is 0.416 e. The number of rotatable bonds is 7. The van der Waals surface area contributed by atoms with Gasteiger partial charge in [0.25, 0.3) is 0 Å². The minimum absolute atomic E-state index is 0.117. The van der Waals surface area contributed by atoms with Crippen LogP contribution in [-0.4, -0.2) is 26.6 Å². The van der Waals surface area contributed by atoms with E-state index in [1.807, 2.05) is 37.3 Å². The Labute approximate surface area is 218 Å². The highest BCUT2D eigenvalue weighted by Crippen LogP contribution is 2.43. The van der Waals surface area contributed by atoms with Crippen molar-refractivity contribution < 1.29 is 23.0 Å². The van der Waals surface area contributed by atoms with E-state index in [0.29, 0.717) is 17.2 Å². The highest BCUT2D eigenvalue weighted by Gasteiger charge is 2.50. The predicted octanol–water partition coefficient (Wildman–Crippen LogP) is 6.59. The van der Waals surface area contributed by atoms with E-state index in [2.05, 4.69) is 20.3 Å². The Kier molecular flexibility index (Phi) is 6.62. The molecule has 194 valence electrons. The van der Waals surface area contributed by atoms with Gasteiger partial charge in [-0.3, -0.25) is 4.98 Å². The maximum absolute atomic E-state index is 15.0. The lowest BCUT2D eigenvalue weighted by molar-refractivity contribution is 0.0685. The van der Waals surface area contributed by atoms with Crippen LogP contribution < -0.4 is 15.0 Å². The highest BCUT2D eigenvalue weighted by molar-refractivity contribution is 5.90. The molecule has 5 rings (SSSR count). The number of hydrogen-bond donors (Lipinski definition) is 1. The fraction of sp³-hybridized carbons (Fsp3) is 0.214. The lowest BCUT2D eigenvalue weighted by Crippen LogP contribution is -2.35. The Hall–Kier alpha value is -4.60. The largest absolute Gasteiger partial charge is 0.456 e. The number of benzene rings is 2. The Bertz CT molecular complexity index is 1430. The number of cyclic esters (lactones) is 1. The normalized spacial score (nSPS) is 17.1. The van der Waals surface area contributed by atoms with E-state index >= 15 is 0 Å². The summed E-state index contributed by atoms with van der Waals surface area (Å²) in [6, 6.07) is 17.5. The van der Waals surface area contributed by atoms with E-state index in [4.69, 9.17) is 9.47 Å². The summed E-state index contributed by atoms with van der Waals surface area (Å²) in [6.45, 7) is 5.39. The van der Waals surface area contributed by atoms with Gasteiger partial charge in [0.05, 0.1) is 24.1 Å². The Balaban J connectivity index is 1.35. The van der Waals surface area contributed by atoms with Crippen molar-refractivity contribution >= 4 is 17.9 Å². The molecule has 38 heavy (non-hydrogen) atoms. The minimum atomic E-state index is -0.918. The van der Waals surface area contributed by atoms with Crippen molar-refractivity contribution in [2.75, 3.05) is 10.2 Å². The molecule has 1 N–H and O–H groups in total. The van der Waals surface area contributed by atoms with E-state index in [9.17, 15) is 13.6 Å². The van der Waals surface area contributed by atoms with Gasteiger partial charge in [-0.15, -0.1) is 0 Å². The zero-order chi connectivity index (χ0) is 26.9. The molecule has 1 aliphatic rings. The molecule has 8 nitrogen and oxygen atoms in total. The third kappa shape index (κ3) is 5.10. The van der Waals surface area contributed by atoms with Crippen LogP contribution in [0, 0.1) is 11.6 Å². The standard InChI is InChI=1S/C28H25F2N5O3/c1-17(23-14-13-21(15-31-23)37-20-11-9-19(29)10-12-20)33-26-32-16-22(30)25(34-26)35-24(18-7-5-4-6-8-18)28(2,3)38-27(35)36/h4-17,24H,1-3H3,(H,32,33,34)/t17-,24-/m1/s1. The van der Waals surface area contributed by atoms with Crippen molar-refractivity contribution in [1.82, 2.24) is 15.0 Å². The Morgan fingerprint density at radius 2 is 1.68 bits per heavy atom. The van der Waals surface area contributed by atoms with Crippen LogP contribution in [0.1, 0.15) is 44.1 Å². The van der Waals surface area contributed by atoms with Gasteiger partial charge in [-0.2, -0.15) is 4.98 Å². The lowest BCUT2D eigenvalue weighted by Gasteiger charge is -2.29. The average Bonchev–Trinajstić information content (AvgIpc) is 3.15. The minimum Gasteiger partial charge on any atom is -0.456 e. The van der Waals surface area contributed by atoms with E-state index in [-0.39, 0.29) is 23.6 Å². The van der Waals surface area contributed by atoms with Crippen LogP contribution in [0.2, 0.25) is 0 Å². The van der Waals surface area contributed by atoms with Gasteiger partial charge < -0.3 is 14.8 Å². The first-order chi connectivity index (χ1) is 18.2. The number of amides is 1. The van der Waals surface area contributed by atoms with Gasteiger partial charge >= 0.3 is 6.09 Å². The maximum atomic E-state index is 15.0. The van der Waals surface area contributed by atoms with Crippen LogP contribution in [0.5, 0.6) is 11.5 Å². The number of nitrogens with one attached hydrogen (secondary N) is 1. The third-order valence-corrected chi connectivity index (χ3v) is 6.13. The molecule has 0 spiro atoms. The van der Waals surface area contributed by atoms with Gasteiger partial charge in [0, 0.05) is 0 Å². The summed E-state index contributed by atoms with van der Waals surface area (Å²) >= 11 is 0. The number of ether oxygens (including phenoxy) is 2. The first-order valence-corrected chi connectivity index (χ1v) is 12.0. The number of pyridine rings is 1. The molecule has 0 aliphatic carbocycles. The molecule has 2 atom stereocenters. The molecule has 1 fully saturated rings. The number of carbonyl (C=O) groups is 1. The second kappa shape index (κ2) is 10.0. The number of carbonyl (C=O) groups excluding carboxylic acids is 1. The van der Waals surface area contributed by atoms with E-state index in [1.54, 1.807) is 32.2 Å². The fourth-order valence-corrected chi connectivity index (χ4v) is 4.35. The molecule has 1 saturated heterocycles. The maximum Gasteiger partial charge on any atom is 0.416 e. The van der Waals surface area contributed by atoms with Crippen molar-refractivity contribution in [3.63, 3.8) is 0 Å². The molecule has 0 bridgehead atoms. The van der Waals surface area contributed by atoms with Gasteiger partial charge in [0.1, 0.15) is 29.0 Å². The second-order valence-corrected chi connectivity index (χ2v) is 9.36. The van der Waals surface area contributed by atoms with E-state index in [1.165, 1.54) is 29.2 Å². The number of anilines is 2. The molecular weight excluding hydrogens is 492 g/mol. The summed E-state index contributed by atoms with van der Waals surface area (Å²) < 4.78 is 39.4. The molecule has 0 unspecified atom stereocenters. The van der Waals surface area contributed by atoms with Gasteiger partial charge in [-0.05, 0) is 62.7 Å². The zero-order valence-electron chi connectivity index (χ0n) is 20.9. The van der Waals surface area contributed by atoms with E-state index in [0.717, 1.165) is 11.8 Å². The first-order valence-electron chi connectivity index (χ1n) is 12.0. The molecule has 0 radical (unpaired) electrons. The zero-order valence-corrected chi connectivity index (χ0v) is 20.9. The van der Waals surface area contributed by atoms with Crippen LogP contribution in [0.3, 0.4) is 0 Å². The van der Waals surface area contributed by atoms with Crippen molar-refractivity contribution in [3.05, 3.63) is 102 Å². The Morgan fingerprint density at radius 3 is 2.37 bits per heavy atom. The van der Waals surface area contributed by atoms with Crippen molar-refractivity contribution in [2.24, 2.45) is 0 Å². The molecule has 3 heterocycles. The van der Waals surface area contributed by atoms with Gasteiger partial charge in [0.2, 0.25) is 5.95 Å². The quantitative estimate of drug-likeness (QED) is 0.296. The molecule has 2 aromatic heterocycles. The number of nitrogens with zero attached hydrogens (tertiary/aromatic N) is 4. The van der Waals surface area contributed by atoms with Crippen LogP contribution in [-0.2, 0) is 4.74 Å². The van der Waals surface area contributed by atoms with Gasteiger partial charge in [-0.1, -0.05) is 30.3 Å². The molecule has 4 aromatic rings. The van der Waals surface area contributed by atoms with Gasteiger partial charge in [0.15, 0.2) is 11.6 Å². The fourth-order valence-electron chi connectivity index (χ4n) is 4.35. The second-order valence-electron chi connectivity index (χ2n) is 9.36. The molecule has 10 heteroatoms. The monoisotopic (exact) mass is 517 g/mol. The Morgan fingerprint density at radius 1 is 0.974 bits per heavy atom. The van der Waals surface area contributed by atoms with Crippen LogP contribution in [0.15, 0.2) is 79.1 Å². The van der Waals surface area contributed by atoms with Crippen molar-refractivity contribution in [3.8, 4) is 11.5 Å². The average molecular weight is 518 g/mol. The van der Waals surface area contributed by atoms with Crippen molar-refractivity contribution in [1.29, 1.82) is 0 Å². The molecule has 1 aliphatic heterocycles. The topological polar surface area (TPSA) is 89.5 Å². The van der Waals surface area contributed by atoms with Gasteiger partial charge in [-0.25, -0.2) is 23.5 Å². The van der Waals surface area contributed by atoms with Crippen LogP contribution in [0.4, 0.5) is 25.3 Å². The highest BCUT2D eigenvalue weighted by atomic mass is 19.1.